The van der Waals surface area contributed by atoms with Crippen LogP contribution in [0.1, 0.15) is 31.8 Å². The van der Waals surface area contributed by atoms with E-state index in [1.807, 2.05) is 0 Å². The highest BCUT2D eigenvalue weighted by atomic mass is 32.1. The van der Waals surface area contributed by atoms with Crippen LogP contribution in [0.25, 0.3) is 0 Å². The summed E-state index contributed by atoms with van der Waals surface area (Å²) in [4.78, 5) is 18.2. The predicted molar refractivity (Wildman–Crippen MR) is 96.2 cm³/mol. The van der Waals surface area contributed by atoms with E-state index in [1.165, 1.54) is 15.4 Å². The fourth-order valence-electron chi connectivity index (χ4n) is 3.29. The molecule has 0 spiro atoms. The highest BCUT2D eigenvalue weighted by Crippen LogP contribution is 2.43. The van der Waals surface area contributed by atoms with Crippen LogP contribution in [-0.2, 0) is 7.05 Å². The topological polar surface area (TPSA) is 77.6 Å². The monoisotopic (exact) mass is 408 g/mol. The number of Topliss-reactive ketones (excluding diaryl/α,β-unsaturated/α-hetero) is 1. The summed E-state index contributed by atoms with van der Waals surface area (Å²) in [6.45, 7) is 3.47. The third-order valence-electron chi connectivity index (χ3n) is 4.44. The number of carbonyl (C=O) groups is 1. The van der Waals surface area contributed by atoms with Crippen molar-refractivity contribution < 1.29 is 18.0 Å². The number of hydrogen-bond acceptors (Lipinski definition) is 6. The Morgan fingerprint density at radius 2 is 2.04 bits per heavy atom. The Morgan fingerprint density at radius 3 is 2.61 bits per heavy atom. The molecule has 0 bridgehead atoms. The lowest BCUT2D eigenvalue weighted by Crippen LogP contribution is -2.35. The SMILES string of the molecule is Cc1ccc(C(=O)C2=C(C(F)(F)F)Nc3ncnn3[C@@H]2c2cn(C)nc2C)s1. The second-order valence-electron chi connectivity index (χ2n) is 6.43. The van der Waals surface area contributed by atoms with Crippen molar-refractivity contribution in [2.45, 2.75) is 26.1 Å². The Kier molecular flexibility index (Phi) is 4.14. The summed E-state index contributed by atoms with van der Waals surface area (Å²) >= 11 is 1.15. The smallest absolute Gasteiger partial charge is 0.320 e. The van der Waals surface area contributed by atoms with Gasteiger partial charge in [-0.1, -0.05) is 0 Å². The summed E-state index contributed by atoms with van der Waals surface area (Å²) in [5.41, 5.74) is -0.597. The Labute approximate surface area is 161 Å². The molecule has 1 aliphatic rings. The molecule has 28 heavy (non-hydrogen) atoms. The molecule has 11 heteroatoms. The number of aryl methyl sites for hydroxylation is 3. The van der Waals surface area contributed by atoms with Gasteiger partial charge >= 0.3 is 6.18 Å². The average Bonchev–Trinajstić information content (AvgIpc) is 3.31. The second-order valence-corrected chi connectivity index (χ2v) is 7.71. The molecule has 4 rings (SSSR count). The van der Waals surface area contributed by atoms with E-state index in [9.17, 15) is 18.0 Å². The first-order valence-electron chi connectivity index (χ1n) is 8.26. The predicted octanol–water partition coefficient (Wildman–Crippen LogP) is 3.40. The molecule has 1 N–H and O–H groups in total. The van der Waals surface area contributed by atoms with Gasteiger partial charge in [-0.25, -0.2) is 4.68 Å². The van der Waals surface area contributed by atoms with Gasteiger partial charge in [0.25, 0.3) is 0 Å². The molecule has 0 amide bonds. The molecule has 1 aliphatic heterocycles. The number of allylic oxidation sites excluding steroid dienone is 2. The molecule has 3 aromatic rings. The van der Waals surface area contributed by atoms with E-state index in [2.05, 4.69) is 20.5 Å². The molecule has 0 fully saturated rings. The Balaban J connectivity index is 2.00. The van der Waals surface area contributed by atoms with Gasteiger partial charge in [-0.2, -0.15) is 28.4 Å². The number of ketones is 1. The second kappa shape index (κ2) is 6.30. The zero-order valence-corrected chi connectivity index (χ0v) is 15.9. The molecule has 4 heterocycles. The summed E-state index contributed by atoms with van der Waals surface area (Å²) in [6, 6.07) is 2.14. The number of anilines is 1. The Morgan fingerprint density at radius 1 is 1.29 bits per heavy atom. The van der Waals surface area contributed by atoms with Gasteiger partial charge in [-0.15, -0.1) is 11.3 Å². The van der Waals surface area contributed by atoms with Crippen LogP contribution in [0.3, 0.4) is 0 Å². The van der Waals surface area contributed by atoms with Crippen LogP contribution in [-0.4, -0.2) is 36.5 Å². The van der Waals surface area contributed by atoms with Crippen LogP contribution < -0.4 is 5.32 Å². The fourth-order valence-corrected chi connectivity index (χ4v) is 4.11. The number of halogens is 3. The molecule has 0 saturated carbocycles. The standard InChI is InChI=1S/C17H15F3N6OS/c1-8-4-5-11(28-8)14(27)12-13(10-6-25(3)24-9(10)2)26-16(21-7-22-26)23-15(12)17(18,19)20/h4-7,13H,1-3H3,(H,21,22,23)/t13-/m1/s1. The Bertz CT molecular complexity index is 1110. The van der Waals surface area contributed by atoms with E-state index < -0.39 is 29.3 Å². The zero-order chi connectivity index (χ0) is 20.2. The lowest BCUT2D eigenvalue weighted by Gasteiger charge is -2.30. The number of nitrogens with one attached hydrogen (secondary N) is 1. The molecule has 3 aromatic heterocycles. The van der Waals surface area contributed by atoms with Crippen LogP contribution in [0.15, 0.2) is 35.9 Å². The zero-order valence-electron chi connectivity index (χ0n) is 15.1. The summed E-state index contributed by atoms with van der Waals surface area (Å²) in [5.74, 6) is -0.785. The quantitative estimate of drug-likeness (QED) is 0.672. The van der Waals surface area contributed by atoms with Crippen LogP contribution in [0.5, 0.6) is 0 Å². The number of hydrogen-bond donors (Lipinski definition) is 1. The summed E-state index contributed by atoms with van der Waals surface area (Å²) in [5, 5.41) is 10.5. The lowest BCUT2D eigenvalue weighted by molar-refractivity contribution is -0.0918. The van der Waals surface area contributed by atoms with Crippen molar-refractivity contribution in [2.75, 3.05) is 5.32 Å². The lowest BCUT2D eigenvalue weighted by atomic mass is 9.92. The molecule has 0 radical (unpaired) electrons. The fraction of sp³-hybridized carbons (Fsp3) is 0.294. The molecular formula is C17H15F3N6OS. The summed E-state index contributed by atoms with van der Waals surface area (Å²) < 4.78 is 44.5. The maximum absolute atomic E-state index is 13.9. The van der Waals surface area contributed by atoms with Crippen molar-refractivity contribution in [3.63, 3.8) is 0 Å². The minimum Gasteiger partial charge on any atom is -0.320 e. The molecule has 0 saturated heterocycles. The van der Waals surface area contributed by atoms with Crippen molar-refractivity contribution in [3.05, 3.63) is 56.9 Å². The Hall–Kier alpha value is -2.95. The normalized spacial score (nSPS) is 16.9. The van der Waals surface area contributed by atoms with Gasteiger partial charge in [-0.3, -0.25) is 9.48 Å². The number of fused-ring (bicyclic) bond motifs is 1. The molecule has 0 aromatic carbocycles. The van der Waals surface area contributed by atoms with E-state index >= 15 is 0 Å². The van der Waals surface area contributed by atoms with Crippen LogP contribution in [0, 0.1) is 13.8 Å². The number of alkyl halides is 3. The summed E-state index contributed by atoms with van der Waals surface area (Å²) in [7, 11) is 1.67. The van der Waals surface area contributed by atoms with Crippen LogP contribution in [0.4, 0.5) is 19.1 Å². The van der Waals surface area contributed by atoms with Gasteiger partial charge < -0.3 is 5.32 Å². The molecule has 0 aliphatic carbocycles. The minimum absolute atomic E-state index is 0.0838. The van der Waals surface area contributed by atoms with E-state index in [4.69, 9.17) is 0 Å². The first-order chi connectivity index (χ1) is 13.2. The van der Waals surface area contributed by atoms with Crippen molar-refractivity contribution in [3.8, 4) is 0 Å². The van der Waals surface area contributed by atoms with E-state index in [-0.39, 0.29) is 10.8 Å². The van der Waals surface area contributed by atoms with Crippen LogP contribution in [0.2, 0.25) is 0 Å². The van der Waals surface area contributed by atoms with Crippen LogP contribution >= 0.6 is 11.3 Å². The third-order valence-corrected chi connectivity index (χ3v) is 5.43. The first-order valence-corrected chi connectivity index (χ1v) is 9.07. The maximum Gasteiger partial charge on any atom is 0.431 e. The molecular weight excluding hydrogens is 393 g/mol. The van der Waals surface area contributed by atoms with Crippen molar-refractivity contribution in [1.29, 1.82) is 0 Å². The van der Waals surface area contributed by atoms with E-state index in [1.54, 1.807) is 33.2 Å². The van der Waals surface area contributed by atoms with Gasteiger partial charge in [-0.05, 0) is 26.0 Å². The van der Waals surface area contributed by atoms with E-state index in [0.29, 0.717) is 11.3 Å². The molecule has 1 atom stereocenters. The average molecular weight is 408 g/mol. The van der Waals surface area contributed by atoms with Gasteiger partial charge in [0.2, 0.25) is 11.7 Å². The maximum atomic E-state index is 13.9. The largest absolute Gasteiger partial charge is 0.431 e. The van der Waals surface area contributed by atoms with Gasteiger partial charge in [0, 0.05) is 23.7 Å². The number of thiophene rings is 1. The minimum atomic E-state index is -4.77. The van der Waals surface area contributed by atoms with Crippen molar-refractivity contribution in [1.82, 2.24) is 24.5 Å². The number of aromatic nitrogens is 5. The van der Waals surface area contributed by atoms with Gasteiger partial charge in [0.05, 0.1) is 16.1 Å². The van der Waals surface area contributed by atoms with Gasteiger partial charge in [0.1, 0.15) is 18.1 Å². The highest BCUT2D eigenvalue weighted by molar-refractivity contribution is 7.14. The molecule has 146 valence electrons. The van der Waals surface area contributed by atoms with Gasteiger partial charge in [0.15, 0.2) is 0 Å². The molecule has 0 unspecified atom stereocenters. The van der Waals surface area contributed by atoms with Crippen molar-refractivity contribution >= 4 is 23.1 Å². The number of rotatable bonds is 3. The van der Waals surface area contributed by atoms with E-state index in [0.717, 1.165) is 22.5 Å². The summed E-state index contributed by atoms with van der Waals surface area (Å²) in [6.07, 6.45) is -2.03. The highest BCUT2D eigenvalue weighted by Gasteiger charge is 2.46. The van der Waals surface area contributed by atoms with Crippen molar-refractivity contribution in [2.24, 2.45) is 7.05 Å². The third kappa shape index (κ3) is 2.91. The number of nitrogens with zero attached hydrogens (tertiary/aromatic N) is 5. The first kappa shape index (κ1) is 18.4. The molecule has 7 nitrogen and oxygen atoms in total. The number of carbonyl (C=O) groups excluding carboxylic acids is 1.